The van der Waals surface area contributed by atoms with E-state index in [1.54, 1.807) is 18.4 Å². The Balaban J connectivity index is 2.27. The number of likely N-dealkylation sites (N-methyl/N-ethyl adjacent to an activating group) is 1. The van der Waals surface area contributed by atoms with Gasteiger partial charge in [-0.2, -0.15) is 0 Å². The van der Waals surface area contributed by atoms with Crippen LogP contribution < -0.4 is 10.6 Å². The minimum absolute atomic E-state index is 0.0253. The normalized spacial score (nSPS) is 10.1. The number of amides is 1. The Kier molecular flexibility index (Phi) is 4.62. The van der Waals surface area contributed by atoms with Gasteiger partial charge >= 0.3 is 0 Å². The van der Waals surface area contributed by atoms with Gasteiger partial charge < -0.3 is 10.6 Å². The minimum atomic E-state index is 0.0253. The van der Waals surface area contributed by atoms with Crippen LogP contribution in [-0.4, -0.2) is 19.5 Å². The van der Waals surface area contributed by atoms with E-state index in [2.05, 4.69) is 29.7 Å². The lowest BCUT2D eigenvalue weighted by Gasteiger charge is -2.00. The predicted molar refractivity (Wildman–Crippen MR) is 59.5 cm³/mol. The van der Waals surface area contributed by atoms with Gasteiger partial charge in [0.05, 0.1) is 6.54 Å². The van der Waals surface area contributed by atoms with Gasteiger partial charge in [0.2, 0.25) is 5.91 Å². The van der Waals surface area contributed by atoms with Crippen LogP contribution in [0.4, 0.5) is 0 Å². The van der Waals surface area contributed by atoms with Crippen LogP contribution in [0, 0.1) is 0 Å². The summed E-state index contributed by atoms with van der Waals surface area (Å²) >= 11 is 1.80. The maximum absolute atomic E-state index is 10.9. The summed E-state index contributed by atoms with van der Waals surface area (Å²) in [6, 6.07) is 4.25. The molecule has 0 atom stereocenters. The minimum Gasteiger partial charge on any atom is -0.358 e. The number of hydrogen-bond donors (Lipinski definition) is 2. The van der Waals surface area contributed by atoms with Gasteiger partial charge in [0.15, 0.2) is 0 Å². The number of aryl methyl sites for hydroxylation is 1. The molecule has 78 valence electrons. The second-order valence-electron chi connectivity index (χ2n) is 3.00. The highest BCUT2D eigenvalue weighted by Gasteiger charge is 1.99. The molecule has 0 unspecified atom stereocenters. The zero-order valence-corrected chi connectivity index (χ0v) is 9.41. The average molecular weight is 212 g/mol. The van der Waals surface area contributed by atoms with E-state index >= 15 is 0 Å². The van der Waals surface area contributed by atoms with Gasteiger partial charge in [-0.1, -0.05) is 6.92 Å². The van der Waals surface area contributed by atoms with E-state index in [4.69, 9.17) is 0 Å². The summed E-state index contributed by atoms with van der Waals surface area (Å²) in [6.07, 6.45) is 1.08. The Bertz CT molecular complexity index is 296. The molecule has 1 aromatic rings. The second-order valence-corrected chi connectivity index (χ2v) is 4.25. The third-order valence-electron chi connectivity index (χ3n) is 1.93. The first kappa shape index (κ1) is 11.2. The first-order valence-corrected chi connectivity index (χ1v) is 5.56. The van der Waals surface area contributed by atoms with Crippen LogP contribution in [0.25, 0.3) is 0 Å². The fraction of sp³-hybridized carbons (Fsp3) is 0.500. The average Bonchev–Trinajstić information content (AvgIpc) is 2.65. The van der Waals surface area contributed by atoms with Gasteiger partial charge in [-0.05, 0) is 18.6 Å². The van der Waals surface area contributed by atoms with Gasteiger partial charge in [0, 0.05) is 23.3 Å². The van der Waals surface area contributed by atoms with E-state index in [0.29, 0.717) is 6.54 Å². The molecule has 0 saturated carbocycles. The molecule has 0 saturated heterocycles. The number of nitrogens with one attached hydrogen (secondary N) is 2. The molecule has 3 nitrogen and oxygen atoms in total. The Labute approximate surface area is 88.5 Å². The number of hydrogen-bond acceptors (Lipinski definition) is 3. The second kappa shape index (κ2) is 5.78. The smallest absolute Gasteiger partial charge is 0.233 e. The van der Waals surface area contributed by atoms with Crippen molar-refractivity contribution in [3.63, 3.8) is 0 Å². The van der Waals surface area contributed by atoms with Crippen molar-refractivity contribution >= 4 is 17.2 Å². The number of rotatable bonds is 5. The van der Waals surface area contributed by atoms with Gasteiger partial charge in [0.25, 0.3) is 0 Å². The van der Waals surface area contributed by atoms with Crippen molar-refractivity contribution in [1.82, 2.24) is 10.6 Å². The summed E-state index contributed by atoms with van der Waals surface area (Å²) in [5, 5.41) is 5.66. The molecule has 14 heavy (non-hydrogen) atoms. The van der Waals surface area contributed by atoms with E-state index in [1.807, 2.05) is 0 Å². The van der Waals surface area contributed by atoms with Gasteiger partial charge in [0.1, 0.15) is 0 Å². The van der Waals surface area contributed by atoms with Crippen LogP contribution in [-0.2, 0) is 17.8 Å². The summed E-state index contributed by atoms with van der Waals surface area (Å²) in [7, 11) is 1.64. The number of thiophene rings is 1. The molecule has 1 rings (SSSR count). The first-order chi connectivity index (χ1) is 6.76. The van der Waals surface area contributed by atoms with Gasteiger partial charge in [-0.25, -0.2) is 0 Å². The molecule has 1 aromatic heterocycles. The van der Waals surface area contributed by atoms with Crippen molar-refractivity contribution in [2.75, 3.05) is 13.6 Å². The molecule has 0 spiro atoms. The summed E-state index contributed by atoms with van der Waals surface area (Å²) in [5.74, 6) is 0.0253. The van der Waals surface area contributed by atoms with E-state index < -0.39 is 0 Å². The van der Waals surface area contributed by atoms with Crippen LogP contribution in [0.15, 0.2) is 12.1 Å². The number of carbonyl (C=O) groups excluding carboxylic acids is 1. The highest BCUT2D eigenvalue weighted by atomic mass is 32.1. The van der Waals surface area contributed by atoms with Crippen LogP contribution in [0.2, 0.25) is 0 Å². The van der Waals surface area contributed by atoms with Gasteiger partial charge in [-0.3, -0.25) is 4.79 Å². The van der Waals surface area contributed by atoms with Crippen molar-refractivity contribution in [3.8, 4) is 0 Å². The van der Waals surface area contributed by atoms with Gasteiger partial charge in [-0.15, -0.1) is 11.3 Å². The zero-order chi connectivity index (χ0) is 10.4. The zero-order valence-electron chi connectivity index (χ0n) is 8.59. The van der Waals surface area contributed by atoms with Crippen molar-refractivity contribution in [2.45, 2.75) is 19.9 Å². The summed E-state index contributed by atoms with van der Waals surface area (Å²) in [4.78, 5) is 13.6. The van der Waals surface area contributed by atoms with Crippen molar-refractivity contribution < 1.29 is 4.79 Å². The molecule has 0 bridgehead atoms. The lowest BCUT2D eigenvalue weighted by molar-refractivity contribution is -0.119. The fourth-order valence-corrected chi connectivity index (χ4v) is 2.02. The molecule has 1 amide bonds. The van der Waals surface area contributed by atoms with Crippen molar-refractivity contribution in [3.05, 3.63) is 21.9 Å². The highest BCUT2D eigenvalue weighted by molar-refractivity contribution is 7.11. The molecule has 0 radical (unpaired) electrons. The SMILES string of the molecule is CCc1ccc(CNCC(=O)NC)s1. The topological polar surface area (TPSA) is 41.1 Å². The Hall–Kier alpha value is -0.870. The Morgan fingerprint density at radius 2 is 2.14 bits per heavy atom. The van der Waals surface area contributed by atoms with Crippen LogP contribution in [0.5, 0.6) is 0 Å². The molecule has 4 heteroatoms. The molecule has 0 aromatic carbocycles. The Morgan fingerprint density at radius 3 is 2.71 bits per heavy atom. The predicted octanol–water partition coefficient (Wildman–Crippen LogP) is 1.15. The monoisotopic (exact) mass is 212 g/mol. The summed E-state index contributed by atoms with van der Waals surface area (Å²) < 4.78 is 0. The molecule has 0 aliphatic carbocycles. The first-order valence-electron chi connectivity index (χ1n) is 4.75. The highest BCUT2D eigenvalue weighted by Crippen LogP contribution is 2.16. The molecule has 0 aliphatic rings. The van der Waals surface area contributed by atoms with E-state index in [1.165, 1.54) is 9.75 Å². The standard InChI is InChI=1S/C10H16N2OS/c1-3-8-4-5-9(14-8)6-12-7-10(13)11-2/h4-5,12H,3,6-7H2,1-2H3,(H,11,13). The van der Waals surface area contributed by atoms with Crippen LogP contribution in [0.3, 0.4) is 0 Å². The lowest BCUT2D eigenvalue weighted by atomic mass is 10.3. The van der Waals surface area contributed by atoms with Crippen LogP contribution >= 0.6 is 11.3 Å². The molecule has 0 aliphatic heterocycles. The van der Waals surface area contributed by atoms with Crippen molar-refractivity contribution in [2.24, 2.45) is 0 Å². The third kappa shape index (κ3) is 3.47. The van der Waals surface area contributed by atoms with E-state index in [9.17, 15) is 4.79 Å². The summed E-state index contributed by atoms with van der Waals surface area (Å²) in [6.45, 7) is 3.31. The van der Waals surface area contributed by atoms with E-state index in [-0.39, 0.29) is 5.91 Å². The molecular weight excluding hydrogens is 196 g/mol. The molecule has 2 N–H and O–H groups in total. The lowest BCUT2D eigenvalue weighted by Crippen LogP contribution is -2.30. The Morgan fingerprint density at radius 1 is 1.43 bits per heavy atom. The van der Waals surface area contributed by atoms with Crippen molar-refractivity contribution in [1.29, 1.82) is 0 Å². The van der Waals surface area contributed by atoms with E-state index in [0.717, 1.165) is 13.0 Å². The largest absolute Gasteiger partial charge is 0.358 e. The molecule has 0 fully saturated rings. The maximum atomic E-state index is 10.9. The molecular formula is C10H16N2OS. The fourth-order valence-electron chi connectivity index (χ4n) is 1.09. The summed E-state index contributed by atoms with van der Waals surface area (Å²) in [5.41, 5.74) is 0. The molecule has 1 heterocycles. The number of carbonyl (C=O) groups is 1. The third-order valence-corrected chi connectivity index (χ3v) is 3.16. The quantitative estimate of drug-likeness (QED) is 0.768. The maximum Gasteiger partial charge on any atom is 0.233 e. The van der Waals surface area contributed by atoms with Crippen LogP contribution in [0.1, 0.15) is 16.7 Å².